The van der Waals surface area contributed by atoms with E-state index in [0.717, 1.165) is 0 Å². The van der Waals surface area contributed by atoms with Crippen molar-refractivity contribution in [2.24, 2.45) is 7.05 Å². The lowest BCUT2D eigenvalue weighted by molar-refractivity contribution is 0.0600. The monoisotopic (exact) mass is 378 g/mol. The van der Waals surface area contributed by atoms with E-state index in [4.69, 9.17) is 4.74 Å². The molecule has 1 unspecified atom stereocenters. The van der Waals surface area contributed by atoms with Crippen molar-refractivity contribution in [2.45, 2.75) is 17.9 Å². The Morgan fingerprint density at radius 2 is 2.15 bits per heavy atom. The van der Waals surface area contributed by atoms with Gasteiger partial charge in [-0.2, -0.15) is 4.31 Å². The third kappa shape index (κ3) is 3.25. The number of hydrogen-bond donors (Lipinski definition) is 1. The maximum Gasteiger partial charge on any atom is 0.337 e. The van der Waals surface area contributed by atoms with Crippen LogP contribution in [0.3, 0.4) is 0 Å². The Labute approximate surface area is 152 Å². The summed E-state index contributed by atoms with van der Waals surface area (Å²) in [6.07, 6.45) is 3.44. The maximum absolute atomic E-state index is 13.4. The van der Waals surface area contributed by atoms with E-state index in [-0.39, 0.29) is 10.5 Å². The first-order chi connectivity index (χ1) is 12.4. The zero-order valence-electron chi connectivity index (χ0n) is 15.0. The predicted octanol–water partition coefficient (Wildman–Crippen LogP) is 0.850. The van der Waals surface area contributed by atoms with Gasteiger partial charge in [0.15, 0.2) is 0 Å². The van der Waals surface area contributed by atoms with Crippen molar-refractivity contribution in [1.29, 1.82) is 0 Å². The van der Waals surface area contributed by atoms with Crippen molar-refractivity contribution >= 4 is 16.0 Å². The molecule has 9 heteroatoms. The summed E-state index contributed by atoms with van der Waals surface area (Å²) in [5, 5.41) is 3.22. The van der Waals surface area contributed by atoms with Crippen molar-refractivity contribution in [1.82, 2.24) is 19.2 Å². The molecule has 0 saturated carbocycles. The van der Waals surface area contributed by atoms with Crippen molar-refractivity contribution in [2.75, 3.05) is 26.7 Å². The first kappa shape index (κ1) is 18.6. The van der Waals surface area contributed by atoms with Crippen LogP contribution < -0.4 is 5.32 Å². The molecule has 2 aromatic rings. The number of ether oxygens (including phenoxy) is 1. The molecule has 0 radical (unpaired) electrons. The van der Waals surface area contributed by atoms with Gasteiger partial charge in [0.25, 0.3) is 0 Å². The molecular formula is C17H22N4O4S. The van der Waals surface area contributed by atoms with E-state index in [1.165, 1.54) is 17.5 Å². The van der Waals surface area contributed by atoms with Gasteiger partial charge in [0.1, 0.15) is 5.82 Å². The Morgan fingerprint density at radius 1 is 1.38 bits per heavy atom. The number of piperazine rings is 1. The van der Waals surface area contributed by atoms with Gasteiger partial charge in [-0.05, 0) is 24.6 Å². The van der Waals surface area contributed by atoms with Crippen LogP contribution in [0.2, 0.25) is 0 Å². The molecule has 0 aliphatic carbocycles. The molecule has 26 heavy (non-hydrogen) atoms. The van der Waals surface area contributed by atoms with Crippen molar-refractivity contribution in [3.8, 4) is 0 Å². The zero-order valence-corrected chi connectivity index (χ0v) is 15.8. The third-order valence-electron chi connectivity index (χ3n) is 4.55. The van der Waals surface area contributed by atoms with Gasteiger partial charge < -0.3 is 14.6 Å². The van der Waals surface area contributed by atoms with Crippen LogP contribution in [0.5, 0.6) is 0 Å². The van der Waals surface area contributed by atoms with Crippen molar-refractivity contribution in [3.63, 3.8) is 0 Å². The van der Waals surface area contributed by atoms with E-state index in [9.17, 15) is 13.2 Å². The highest BCUT2D eigenvalue weighted by atomic mass is 32.2. The molecule has 8 nitrogen and oxygen atoms in total. The Kier molecular flexibility index (Phi) is 5.12. The van der Waals surface area contributed by atoms with Crippen LogP contribution in [0.15, 0.2) is 35.5 Å². The third-order valence-corrected chi connectivity index (χ3v) is 6.60. The van der Waals surface area contributed by atoms with E-state index < -0.39 is 22.0 Å². The molecule has 0 amide bonds. The lowest BCUT2D eigenvalue weighted by Gasteiger charge is -2.35. The second-order valence-corrected chi connectivity index (χ2v) is 8.06. The fourth-order valence-electron chi connectivity index (χ4n) is 3.14. The van der Waals surface area contributed by atoms with E-state index in [2.05, 4.69) is 10.3 Å². The summed E-state index contributed by atoms with van der Waals surface area (Å²) in [5.41, 5.74) is 0.787. The molecule has 3 rings (SSSR count). The highest BCUT2D eigenvalue weighted by molar-refractivity contribution is 7.89. The summed E-state index contributed by atoms with van der Waals surface area (Å²) < 4.78 is 34.8. The normalized spacial score (nSPS) is 18.7. The number of carbonyl (C=O) groups excluding carboxylic acids is 1. The number of benzene rings is 1. The molecule has 1 fully saturated rings. The summed E-state index contributed by atoms with van der Waals surface area (Å²) >= 11 is 0. The van der Waals surface area contributed by atoms with Gasteiger partial charge in [0.2, 0.25) is 10.0 Å². The minimum absolute atomic E-state index is 0.113. The Balaban J connectivity index is 2.06. The molecule has 1 saturated heterocycles. The second-order valence-electron chi connectivity index (χ2n) is 6.20. The summed E-state index contributed by atoms with van der Waals surface area (Å²) in [5.74, 6) is 0.102. The van der Waals surface area contributed by atoms with Crippen LogP contribution >= 0.6 is 0 Å². The quantitative estimate of drug-likeness (QED) is 0.793. The lowest BCUT2D eigenvalue weighted by Crippen LogP contribution is -2.49. The molecular weight excluding hydrogens is 356 g/mol. The summed E-state index contributed by atoms with van der Waals surface area (Å²) in [6, 6.07) is 4.15. The molecule has 1 aliphatic heterocycles. The van der Waals surface area contributed by atoms with Crippen LogP contribution in [-0.2, 0) is 21.8 Å². The molecule has 0 spiro atoms. The standard InChI is InChI=1S/C17H22N4O4S/c1-12-4-5-13(17(22)25-3)10-15(12)26(23,24)21-9-6-18-11-14(21)16-19-7-8-20(16)2/h4-5,7-8,10,14,18H,6,9,11H2,1-3H3. The number of methoxy groups -OCH3 is 1. The first-order valence-electron chi connectivity index (χ1n) is 8.25. The highest BCUT2D eigenvalue weighted by Crippen LogP contribution is 2.30. The highest BCUT2D eigenvalue weighted by Gasteiger charge is 2.37. The lowest BCUT2D eigenvalue weighted by atomic mass is 10.1. The van der Waals surface area contributed by atoms with Gasteiger partial charge in [-0.3, -0.25) is 0 Å². The van der Waals surface area contributed by atoms with E-state index in [1.807, 2.05) is 11.6 Å². The number of aryl methyl sites for hydroxylation is 2. The van der Waals surface area contributed by atoms with Gasteiger partial charge >= 0.3 is 5.97 Å². The van der Waals surface area contributed by atoms with Gasteiger partial charge in [-0.15, -0.1) is 0 Å². The smallest absolute Gasteiger partial charge is 0.337 e. The molecule has 0 bridgehead atoms. The first-order valence-corrected chi connectivity index (χ1v) is 9.69. The minimum atomic E-state index is -3.82. The van der Waals surface area contributed by atoms with Gasteiger partial charge in [-0.1, -0.05) is 6.07 Å². The van der Waals surface area contributed by atoms with Gasteiger partial charge in [-0.25, -0.2) is 18.2 Å². The maximum atomic E-state index is 13.4. The minimum Gasteiger partial charge on any atom is -0.465 e. The molecule has 1 aromatic heterocycles. The van der Waals surface area contributed by atoms with Gasteiger partial charge in [0, 0.05) is 39.1 Å². The SMILES string of the molecule is COC(=O)c1ccc(C)c(S(=O)(=O)N2CCNCC2c2nccn2C)c1. The number of esters is 1. The molecule has 1 N–H and O–H groups in total. The molecule has 1 atom stereocenters. The number of aromatic nitrogens is 2. The number of sulfonamides is 1. The number of nitrogens with zero attached hydrogens (tertiary/aromatic N) is 3. The largest absolute Gasteiger partial charge is 0.465 e. The van der Waals surface area contributed by atoms with Crippen molar-refractivity contribution in [3.05, 3.63) is 47.5 Å². The summed E-state index contributed by atoms with van der Waals surface area (Å²) in [4.78, 5) is 16.3. The molecule has 1 aromatic carbocycles. The molecule has 2 heterocycles. The van der Waals surface area contributed by atoms with Gasteiger partial charge in [0.05, 0.1) is 23.6 Å². The topological polar surface area (TPSA) is 93.5 Å². The Morgan fingerprint density at radius 3 is 2.81 bits per heavy atom. The predicted molar refractivity (Wildman–Crippen MR) is 95.2 cm³/mol. The number of rotatable bonds is 4. The number of hydrogen-bond acceptors (Lipinski definition) is 6. The van der Waals surface area contributed by atoms with E-state index in [1.54, 1.807) is 31.5 Å². The van der Waals surface area contributed by atoms with Crippen LogP contribution in [0, 0.1) is 6.92 Å². The second kappa shape index (κ2) is 7.18. The number of carbonyl (C=O) groups is 1. The summed E-state index contributed by atoms with van der Waals surface area (Å²) in [6.45, 7) is 3.06. The zero-order chi connectivity index (χ0) is 18.9. The molecule has 140 valence electrons. The van der Waals surface area contributed by atoms with E-state index >= 15 is 0 Å². The van der Waals surface area contributed by atoms with Crippen LogP contribution in [0.1, 0.15) is 27.8 Å². The number of nitrogens with one attached hydrogen (secondary N) is 1. The van der Waals surface area contributed by atoms with E-state index in [0.29, 0.717) is 31.0 Å². The number of imidazole rings is 1. The Hall–Kier alpha value is -2.23. The molecule has 1 aliphatic rings. The van der Waals surface area contributed by atoms with Crippen LogP contribution in [0.4, 0.5) is 0 Å². The average Bonchev–Trinajstić information content (AvgIpc) is 3.07. The average molecular weight is 378 g/mol. The fraction of sp³-hybridized carbons (Fsp3) is 0.412. The van der Waals surface area contributed by atoms with Crippen LogP contribution in [-0.4, -0.2) is 55.0 Å². The Bertz CT molecular complexity index is 923. The van der Waals surface area contributed by atoms with Crippen molar-refractivity contribution < 1.29 is 17.9 Å². The fourth-order valence-corrected chi connectivity index (χ4v) is 4.98. The van der Waals surface area contributed by atoms with Crippen LogP contribution in [0.25, 0.3) is 0 Å². The summed E-state index contributed by atoms with van der Waals surface area (Å²) in [7, 11) is -0.711.